The first-order chi connectivity index (χ1) is 8.62. The summed E-state index contributed by atoms with van der Waals surface area (Å²) in [6.07, 6.45) is 9.32. The van der Waals surface area contributed by atoms with E-state index >= 15 is 0 Å². The lowest BCUT2D eigenvalue weighted by Gasteiger charge is -2.39. The van der Waals surface area contributed by atoms with Gasteiger partial charge in [-0.2, -0.15) is 0 Å². The number of rotatable bonds is 9. The summed E-state index contributed by atoms with van der Waals surface area (Å²) in [5, 5.41) is 0. The van der Waals surface area contributed by atoms with Crippen LogP contribution in [0.1, 0.15) is 58.8 Å². The van der Waals surface area contributed by atoms with Gasteiger partial charge in [-0.1, -0.05) is 32.6 Å². The zero-order valence-corrected chi connectivity index (χ0v) is 12.6. The minimum Gasteiger partial charge on any atom is -0.377 e. The highest BCUT2D eigenvalue weighted by atomic mass is 16.5. The van der Waals surface area contributed by atoms with Crippen molar-refractivity contribution < 1.29 is 4.74 Å². The maximum atomic E-state index is 6.01. The molecule has 2 atom stereocenters. The molecule has 0 radical (unpaired) electrons. The Morgan fingerprint density at radius 1 is 1.33 bits per heavy atom. The Kier molecular flexibility index (Phi) is 7.20. The molecule has 0 aromatic carbocycles. The van der Waals surface area contributed by atoms with Gasteiger partial charge in [0, 0.05) is 25.2 Å². The van der Waals surface area contributed by atoms with Crippen molar-refractivity contribution in [1.82, 2.24) is 4.90 Å². The summed E-state index contributed by atoms with van der Waals surface area (Å²) in [5.41, 5.74) is 6.15. The topological polar surface area (TPSA) is 38.5 Å². The molecule has 1 aliphatic heterocycles. The van der Waals surface area contributed by atoms with Crippen LogP contribution < -0.4 is 5.73 Å². The number of nitrogens with zero attached hydrogens (tertiary/aromatic N) is 1. The minimum absolute atomic E-state index is 0.139. The Morgan fingerprint density at radius 2 is 2.11 bits per heavy atom. The molecule has 2 unspecified atom stereocenters. The average molecular weight is 256 g/mol. The zero-order chi connectivity index (χ0) is 13.4. The highest BCUT2D eigenvalue weighted by molar-refractivity contribution is 4.87. The highest BCUT2D eigenvalue weighted by Crippen LogP contribution is 2.23. The van der Waals surface area contributed by atoms with Crippen LogP contribution in [0, 0.1) is 0 Å². The molecule has 1 fully saturated rings. The molecular formula is C15H32N2O. The molecule has 1 aliphatic rings. The van der Waals surface area contributed by atoms with Crippen LogP contribution in [0.5, 0.6) is 0 Å². The second kappa shape index (κ2) is 8.13. The molecular weight excluding hydrogens is 224 g/mol. The number of likely N-dealkylation sites (N-methyl/N-ethyl adjacent to an activating group) is 1. The van der Waals surface area contributed by atoms with Gasteiger partial charge in [0.25, 0.3) is 0 Å². The van der Waals surface area contributed by atoms with E-state index in [1.807, 2.05) is 0 Å². The number of unbranched alkanes of at least 4 members (excludes halogenated alkanes) is 3. The second-order valence-electron chi connectivity index (χ2n) is 6.03. The Balaban J connectivity index is 2.35. The van der Waals surface area contributed by atoms with Gasteiger partial charge in [0.1, 0.15) is 0 Å². The largest absolute Gasteiger partial charge is 0.377 e. The molecule has 108 valence electrons. The van der Waals surface area contributed by atoms with Gasteiger partial charge in [0.05, 0.1) is 6.10 Å². The fourth-order valence-electron chi connectivity index (χ4n) is 2.70. The van der Waals surface area contributed by atoms with E-state index in [0.717, 1.165) is 19.7 Å². The summed E-state index contributed by atoms with van der Waals surface area (Å²) in [5.74, 6) is 0. The first-order valence-electron chi connectivity index (χ1n) is 7.65. The van der Waals surface area contributed by atoms with Gasteiger partial charge in [-0.15, -0.1) is 0 Å². The van der Waals surface area contributed by atoms with E-state index in [1.54, 1.807) is 0 Å². The molecule has 0 saturated carbocycles. The van der Waals surface area contributed by atoms with Crippen molar-refractivity contribution in [2.24, 2.45) is 5.73 Å². The molecule has 0 aliphatic carbocycles. The van der Waals surface area contributed by atoms with Crippen molar-refractivity contribution in [1.29, 1.82) is 0 Å². The summed E-state index contributed by atoms with van der Waals surface area (Å²) in [7, 11) is 2.20. The first-order valence-corrected chi connectivity index (χ1v) is 7.65. The van der Waals surface area contributed by atoms with E-state index in [0.29, 0.717) is 6.10 Å². The maximum absolute atomic E-state index is 6.01. The monoisotopic (exact) mass is 256 g/mol. The van der Waals surface area contributed by atoms with Crippen molar-refractivity contribution in [3.63, 3.8) is 0 Å². The first kappa shape index (κ1) is 15.9. The van der Waals surface area contributed by atoms with Crippen LogP contribution in [0.2, 0.25) is 0 Å². The van der Waals surface area contributed by atoms with Gasteiger partial charge in [-0.3, -0.25) is 4.90 Å². The second-order valence-corrected chi connectivity index (χ2v) is 6.03. The van der Waals surface area contributed by atoms with Gasteiger partial charge < -0.3 is 10.5 Å². The Bertz CT molecular complexity index is 217. The highest BCUT2D eigenvalue weighted by Gasteiger charge is 2.29. The van der Waals surface area contributed by atoms with Gasteiger partial charge in [0.15, 0.2) is 0 Å². The molecule has 1 heterocycles. The third-order valence-electron chi connectivity index (χ3n) is 4.43. The molecule has 0 amide bonds. The van der Waals surface area contributed by atoms with E-state index in [9.17, 15) is 0 Å². The van der Waals surface area contributed by atoms with Crippen LogP contribution in [-0.4, -0.2) is 43.3 Å². The van der Waals surface area contributed by atoms with E-state index in [2.05, 4.69) is 25.8 Å². The molecule has 3 nitrogen and oxygen atoms in total. The number of hydrogen-bond donors (Lipinski definition) is 1. The zero-order valence-electron chi connectivity index (χ0n) is 12.6. The molecule has 0 bridgehead atoms. The number of hydrogen-bond acceptors (Lipinski definition) is 3. The van der Waals surface area contributed by atoms with Crippen molar-refractivity contribution in [2.45, 2.75) is 70.4 Å². The van der Waals surface area contributed by atoms with Gasteiger partial charge in [-0.25, -0.2) is 0 Å². The van der Waals surface area contributed by atoms with Crippen LogP contribution in [0.3, 0.4) is 0 Å². The van der Waals surface area contributed by atoms with Crippen LogP contribution in [0.4, 0.5) is 0 Å². The molecule has 18 heavy (non-hydrogen) atoms. The quantitative estimate of drug-likeness (QED) is 0.645. The van der Waals surface area contributed by atoms with Crippen LogP contribution in [-0.2, 0) is 4.74 Å². The van der Waals surface area contributed by atoms with E-state index < -0.39 is 0 Å². The lowest BCUT2D eigenvalue weighted by molar-refractivity contribution is 0.0393. The Morgan fingerprint density at radius 3 is 2.67 bits per heavy atom. The number of ether oxygens (including phenoxy) is 1. The molecule has 1 rings (SSSR count). The van der Waals surface area contributed by atoms with Gasteiger partial charge >= 0.3 is 0 Å². The van der Waals surface area contributed by atoms with Crippen LogP contribution >= 0.6 is 0 Å². The third-order valence-corrected chi connectivity index (χ3v) is 4.43. The molecule has 3 heteroatoms. The van der Waals surface area contributed by atoms with E-state index in [1.165, 1.54) is 44.9 Å². The maximum Gasteiger partial charge on any atom is 0.0702 e. The van der Waals surface area contributed by atoms with Crippen molar-refractivity contribution in [3.05, 3.63) is 0 Å². The molecule has 1 saturated heterocycles. The van der Waals surface area contributed by atoms with Crippen molar-refractivity contribution in [2.75, 3.05) is 26.7 Å². The fourth-order valence-corrected chi connectivity index (χ4v) is 2.70. The standard InChI is InChI=1S/C15H32N2O/c1-4-5-6-7-10-15(2,13-16)17(3)12-14-9-8-11-18-14/h14H,4-13,16H2,1-3H3. The summed E-state index contributed by atoms with van der Waals surface area (Å²) in [6, 6.07) is 0. The summed E-state index contributed by atoms with van der Waals surface area (Å²) < 4.78 is 5.72. The lowest BCUT2D eigenvalue weighted by Crippen LogP contribution is -2.51. The Labute approximate surface area is 113 Å². The van der Waals surface area contributed by atoms with Crippen LogP contribution in [0.25, 0.3) is 0 Å². The normalized spacial score (nSPS) is 23.5. The van der Waals surface area contributed by atoms with Crippen molar-refractivity contribution in [3.8, 4) is 0 Å². The SMILES string of the molecule is CCCCCCC(C)(CN)N(C)CC1CCCO1. The molecule has 0 aromatic rings. The number of nitrogens with two attached hydrogens (primary N) is 1. The predicted octanol–water partition coefficient (Wildman–Crippen LogP) is 2.79. The summed E-state index contributed by atoms with van der Waals surface area (Å²) in [4.78, 5) is 2.43. The minimum atomic E-state index is 0.139. The third kappa shape index (κ3) is 4.87. The van der Waals surface area contributed by atoms with Crippen LogP contribution in [0.15, 0.2) is 0 Å². The van der Waals surface area contributed by atoms with Gasteiger partial charge in [-0.05, 0) is 33.2 Å². The summed E-state index contributed by atoms with van der Waals surface area (Å²) in [6.45, 7) is 7.26. The van der Waals surface area contributed by atoms with Crippen molar-refractivity contribution >= 4 is 0 Å². The van der Waals surface area contributed by atoms with E-state index in [4.69, 9.17) is 10.5 Å². The smallest absolute Gasteiger partial charge is 0.0702 e. The predicted molar refractivity (Wildman–Crippen MR) is 77.8 cm³/mol. The average Bonchev–Trinajstić information content (AvgIpc) is 2.87. The molecule has 0 spiro atoms. The summed E-state index contributed by atoms with van der Waals surface area (Å²) >= 11 is 0. The van der Waals surface area contributed by atoms with Gasteiger partial charge in [0.2, 0.25) is 0 Å². The molecule has 0 aromatic heterocycles. The Hall–Kier alpha value is -0.120. The lowest BCUT2D eigenvalue weighted by atomic mass is 9.92. The fraction of sp³-hybridized carbons (Fsp3) is 1.00. The molecule has 2 N–H and O–H groups in total. The van der Waals surface area contributed by atoms with E-state index in [-0.39, 0.29) is 5.54 Å².